The molecule has 1 aromatic carbocycles. The molecule has 176 valence electrons. The molecule has 0 fully saturated rings. The number of thiol groups is 1. The SMILES string of the molecule is N=[SH](=O)[C@@H](CC[C@H](N)C(=O)O)CC(O)(c1ccc(-c2ccc(Cl)cc2Cl)cn1)C(F)(F)F. The van der Waals surface area contributed by atoms with Crippen LogP contribution < -0.4 is 5.73 Å². The Morgan fingerprint density at radius 3 is 2.34 bits per heavy atom. The number of carbonyl (C=O) groups is 1. The van der Waals surface area contributed by atoms with Gasteiger partial charge >= 0.3 is 12.1 Å². The molecule has 4 atom stereocenters. The van der Waals surface area contributed by atoms with Gasteiger partial charge in [0.25, 0.3) is 0 Å². The molecule has 1 aromatic heterocycles. The van der Waals surface area contributed by atoms with Gasteiger partial charge in [-0.25, -0.2) is 0 Å². The lowest BCUT2D eigenvalue weighted by molar-refractivity contribution is -0.270. The van der Waals surface area contributed by atoms with E-state index in [2.05, 4.69) is 4.98 Å². The van der Waals surface area contributed by atoms with E-state index in [-0.39, 0.29) is 17.9 Å². The summed E-state index contributed by atoms with van der Waals surface area (Å²) in [5, 5.41) is 18.6. The third kappa shape index (κ3) is 6.10. The van der Waals surface area contributed by atoms with Crippen LogP contribution in [0.4, 0.5) is 13.2 Å². The van der Waals surface area contributed by atoms with Crippen molar-refractivity contribution in [3.63, 3.8) is 0 Å². The molecular formula is C19H20Cl2F3N3O4S. The molecule has 2 rings (SSSR count). The molecule has 0 saturated heterocycles. The minimum Gasteiger partial charge on any atom is -0.480 e. The number of nitrogens with two attached hydrogens (primary N) is 1. The fourth-order valence-electron chi connectivity index (χ4n) is 3.03. The molecule has 7 nitrogen and oxygen atoms in total. The fourth-order valence-corrected chi connectivity index (χ4v) is 4.36. The highest BCUT2D eigenvalue weighted by Gasteiger charge is 2.57. The molecule has 5 N–H and O–H groups in total. The quantitative estimate of drug-likeness (QED) is 0.321. The average molecular weight is 514 g/mol. The minimum atomic E-state index is -5.21. The molecule has 0 amide bonds. The van der Waals surface area contributed by atoms with Crippen LogP contribution in [0.2, 0.25) is 10.0 Å². The fraction of sp³-hybridized carbons (Fsp3) is 0.368. The number of benzene rings is 1. The van der Waals surface area contributed by atoms with Gasteiger partial charge in [0.15, 0.2) is 0 Å². The monoisotopic (exact) mass is 513 g/mol. The maximum atomic E-state index is 13.9. The van der Waals surface area contributed by atoms with Crippen molar-refractivity contribution in [2.45, 2.75) is 42.3 Å². The van der Waals surface area contributed by atoms with Crippen molar-refractivity contribution in [1.29, 1.82) is 4.78 Å². The topological polar surface area (TPSA) is 137 Å². The first-order chi connectivity index (χ1) is 14.8. The van der Waals surface area contributed by atoms with Crippen LogP contribution in [0.15, 0.2) is 36.5 Å². The van der Waals surface area contributed by atoms with E-state index in [0.717, 1.165) is 12.3 Å². The average Bonchev–Trinajstić information content (AvgIpc) is 2.69. The zero-order valence-corrected chi connectivity index (χ0v) is 18.7. The number of halogens is 5. The first-order valence-corrected chi connectivity index (χ1v) is 11.2. The number of nitrogens with zero attached hydrogens (tertiary/aromatic N) is 1. The van der Waals surface area contributed by atoms with E-state index >= 15 is 0 Å². The van der Waals surface area contributed by atoms with Crippen molar-refractivity contribution in [3.05, 3.63) is 52.3 Å². The van der Waals surface area contributed by atoms with Crippen molar-refractivity contribution >= 4 is 39.8 Å². The van der Waals surface area contributed by atoms with Crippen LogP contribution in [0.5, 0.6) is 0 Å². The first-order valence-electron chi connectivity index (χ1n) is 9.13. The largest absolute Gasteiger partial charge is 0.480 e. The number of aliphatic hydroxyl groups is 1. The lowest BCUT2D eigenvalue weighted by atomic mass is 9.90. The van der Waals surface area contributed by atoms with Gasteiger partial charge in [-0.15, -0.1) is 0 Å². The summed E-state index contributed by atoms with van der Waals surface area (Å²) in [6.45, 7) is 0. The molecule has 13 heteroatoms. The Kier molecular flexibility index (Phi) is 8.51. The van der Waals surface area contributed by atoms with Gasteiger partial charge in [0.1, 0.15) is 6.04 Å². The second-order valence-corrected chi connectivity index (χ2v) is 9.35. The Hall–Kier alpha value is -1.92. The third-order valence-electron chi connectivity index (χ3n) is 4.89. The number of alkyl halides is 3. The van der Waals surface area contributed by atoms with Gasteiger partial charge in [0, 0.05) is 49.6 Å². The maximum Gasteiger partial charge on any atom is 0.423 e. The molecule has 2 unspecified atom stereocenters. The number of hydrogen-bond donors (Lipinski definition) is 5. The van der Waals surface area contributed by atoms with Gasteiger partial charge in [-0.3, -0.25) is 18.8 Å². The van der Waals surface area contributed by atoms with Gasteiger partial charge in [-0.2, -0.15) is 13.2 Å². The molecule has 0 saturated carbocycles. The molecular weight excluding hydrogens is 494 g/mol. The van der Waals surface area contributed by atoms with Crippen LogP contribution in [0.3, 0.4) is 0 Å². The van der Waals surface area contributed by atoms with E-state index in [1.165, 1.54) is 12.1 Å². The van der Waals surface area contributed by atoms with E-state index in [0.29, 0.717) is 16.1 Å². The zero-order chi connectivity index (χ0) is 24.3. The molecule has 0 bridgehead atoms. The summed E-state index contributed by atoms with van der Waals surface area (Å²) in [6.07, 6.45) is -5.93. The minimum absolute atomic E-state index is 0.249. The van der Waals surface area contributed by atoms with Crippen LogP contribution in [0.25, 0.3) is 11.1 Å². The Labute approximate surface area is 193 Å². The maximum absolute atomic E-state index is 13.9. The predicted molar refractivity (Wildman–Crippen MR) is 115 cm³/mol. The number of aromatic nitrogens is 1. The highest BCUT2D eigenvalue weighted by molar-refractivity contribution is 7.74. The number of rotatable bonds is 9. The summed E-state index contributed by atoms with van der Waals surface area (Å²) in [5.74, 6) is -1.38. The summed E-state index contributed by atoms with van der Waals surface area (Å²) >= 11 is 11.9. The Balaban J connectivity index is 2.38. The van der Waals surface area contributed by atoms with E-state index in [1.807, 2.05) is 0 Å². The van der Waals surface area contributed by atoms with Gasteiger partial charge in [0.2, 0.25) is 5.60 Å². The highest BCUT2D eigenvalue weighted by Crippen LogP contribution is 2.43. The Morgan fingerprint density at radius 1 is 1.22 bits per heavy atom. The van der Waals surface area contributed by atoms with Gasteiger partial charge < -0.3 is 15.9 Å². The van der Waals surface area contributed by atoms with E-state index in [1.54, 1.807) is 12.1 Å². The molecule has 1 heterocycles. The molecule has 0 aliphatic heterocycles. The first kappa shape index (κ1) is 26.3. The smallest absolute Gasteiger partial charge is 0.423 e. The van der Waals surface area contributed by atoms with Crippen LogP contribution >= 0.6 is 23.2 Å². The lowest BCUT2D eigenvalue weighted by Crippen LogP contribution is -2.46. The number of nitrogens with one attached hydrogen (secondary N) is 1. The number of carboxylic acid groups (broad SMARTS) is 1. The second-order valence-electron chi connectivity index (χ2n) is 7.12. The summed E-state index contributed by atoms with van der Waals surface area (Å²) in [6, 6.07) is 5.40. The van der Waals surface area contributed by atoms with Gasteiger partial charge in [-0.1, -0.05) is 35.3 Å². The lowest BCUT2D eigenvalue weighted by Gasteiger charge is -2.32. The number of carboxylic acids is 1. The Bertz CT molecular complexity index is 1040. The summed E-state index contributed by atoms with van der Waals surface area (Å²) in [7, 11) is -2.93. The van der Waals surface area contributed by atoms with Crippen molar-refractivity contribution in [2.24, 2.45) is 5.73 Å². The van der Waals surface area contributed by atoms with Crippen LogP contribution in [0.1, 0.15) is 25.0 Å². The summed E-state index contributed by atoms with van der Waals surface area (Å²) in [5.41, 5.74) is 1.90. The standard InChI is InChI=1S/C19H20Cl2F3N3O4S/c20-11-2-4-13(14(21)7-11)10-1-6-16(27-9-10)18(30,19(22,23)24)8-12(32(26)31)3-5-15(25)17(28)29/h1-2,4,6-7,9,12,15,26,30,32H,3,5,8,25H2,(H,28,29)/t12-,15-,18?/m0/s1. The van der Waals surface area contributed by atoms with Crippen LogP contribution in [0, 0.1) is 4.78 Å². The predicted octanol–water partition coefficient (Wildman–Crippen LogP) is 4.00. The van der Waals surface area contributed by atoms with Gasteiger partial charge in [-0.05, 0) is 31.0 Å². The molecule has 0 spiro atoms. The van der Waals surface area contributed by atoms with Crippen LogP contribution in [-0.4, -0.2) is 42.8 Å². The van der Waals surface area contributed by atoms with E-state index in [4.69, 9.17) is 38.8 Å². The second kappa shape index (κ2) is 10.3. The molecule has 0 radical (unpaired) electrons. The Morgan fingerprint density at radius 2 is 1.88 bits per heavy atom. The molecule has 2 aromatic rings. The molecule has 32 heavy (non-hydrogen) atoms. The van der Waals surface area contributed by atoms with Crippen molar-refractivity contribution in [1.82, 2.24) is 4.98 Å². The summed E-state index contributed by atoms with van der Waals surface area (Å²) in [4.78, 5) is 14.6. The van der Waals surface area contributed by atoms with Gasteiger partial charge in [0.05, 0.1) is 5.69 Å². The summed E-state index contributed by atoms with van der Waals surface area (Å²) < 4.78 is 60.8. The van der Waals surface area contributed by atoms with Crippen LogP contribution in [-0.2, 0) is 21.0 Å². The third-order valence-corrected chi connectivity index (χ3v) is 6.54. The molecule has 0 aliphatic carbocycles. The van der Waals surface area contributed by atoms with Crippen molar-refractivity contribution in [3.8, 4) is 11.1 Å². The number of hydrogen-bond acceptors (Lipinski definition) is 6. The highest BCUT2D eigenvalue weighted by atomic mass is 35.5. The number of aliphatic carboxylic acids is 1. The van der Waals surface area contributed by atoms with E-state index in [9.17, 15) is 27.3 Å². The zero-order valence-electron chi connectivity index (χ0n) is 16.3. The number of pyridine rings is 1. The molecule has 0 aliphatic rings. The normalized spacial score (nSPS) is 16.7. The van der Waals surface area contributed by atoms with E-state index < -0.39 is 51.7 Å². The van der Waals surface area contributed by atoms with Crippen molar-refractivity contribution < 1.29 is 32.4 Å². The van der Waals surface area contributed by atoms with Crippen molar-refractivity contribution in [2.75, 3.05) is 0 Å².